The van der Waals surface area contributed by atoms with Crippen molar-refractivity contribution in [2.45, 2.75) is 32.1 Å². The Kier molecular flexibility index (Phi) is 3.14. The number of aromatic nitrogens is 4. The Bertz CT molecular complexity index is 808. The summed E-state index contributed by atoms with van der Waals surface area (Å²) in [6.45, 7) is 6.27. The average Bonchev–Trinajstić information content (AvgIpc) is 3.10. The van der Waals surface area contributed by atoms with Gasteiger partial charge in [0.05, 0.1) is 5.69 Å². The molecule has 0 aromatic carbocycles. The first-order valence-electron chi connectivity index (χ1n) is 7.61. The largest absolute Gasteiger partial charge is 0.356 e. The quantitative estimate of drug-likeness (QED) is 0.729. The summed E-state index contributed by atoms with van der Waals surface area (Å²) >= 11 is 1.77. The summed E-state index contributed by atoms with van der Waals surface area (Å²) in [7, 11) is 0. The van der Waals surface area contributed by atoms with Crippen LogP contribution >= 0.6 is 11.3 Å². The highest BCUT2D eigenvalue weighted by Gasteiger charge is 2.36. The third-order valence-electron chi connectivity index (χ3n) is 4.50. The predicted molar refractivity (Wildman–Crippen MR) is 88.6 cm³/mol. The molecule has 0 aliphatic carbocycles. The molecule has 0 amide bonds. The zero-order valence-corrected chi connectivity index (χ0v) is 13.7. The molecule has 22 heavy (non-hydrogen) atoms. The van der Waals surface area contributed by atoms with Gasteiger partial charge in [0.1, 0.15) is 22.8 Å². The molecular formula is C16H19N5S. The first-order valence-corrected chi connectivity index (χ1v) is 8.49. The van der Waals surface area contributed by atoms with Crippen LogP contribution in [0.5, 0.6) is 0 Å². The van der Waals surface area contributed by atoms with Gasteiger partial charge in [0, 0.05) is 36.3 Å². The second kappa shape index (κ2) is 5.05. The molecule has 0 radical (unpaired) electrons. The molecule has 0 bridgehead atoms. The van der Waals surface area contributed by atoms with Gasteiger partial charge in [0.25, 0.3) is 0 Å². The molecule has 0 spiro atoms. The van der Waals surface area contributed by atoms with Gasteiger partial charge in [-0.2, -0.15) is 0 Å². The zero-order chi connectivity index (χ0) is 15.2. The number of thiazole rings is 1. The standard InChI is InChI=1S/C16H19N5S/c1-12-17-6-4-13(19-12)20-7-3-5-16(2,10-20)14-15-21(11-18-14)8-9-22-15/h4,6,8-9,11H,3,5,7,10H2,1-2H3/t16-/m0/s1. The van der Waals surface area contributed by atoms with Gasteiger partial charge in [-0.15, -0.1) is 11.3 Å². The maximum Gasteiger partial charge on any atom is 0.132 e. The van der Waals surface area contributed by atoms with Crippen LogP contribution < -0.4 is 4.90 Å². The molecule has 1 aliphatic rings. The summed E-state index contributed by atoms with van der Waals surface area (Å²) < 4.78 is 2.12. The lowest BCUT2D eigenvalue weighted by atomic mass is 9.79. The van der Waals surface area contributed by atoms with Crippen LogP contribution in [-0.4, -0.2) is 32.4 Å². The van der Waals surface area contributed by atoms with Crippen molar-refractivity contribution in [3.63, 3.8) is 0 Å². The van der Waals surface area contributed by atoms with E-state index in [9.17, 15) is 0 Å². The molecule has 4 heterocycles. The molecule has 0 N–H and O–H groups in total. The summed E-state index contributed by atoms with van der Waals surface area (Å²) in [5.74, 6) is 1.85. The molecule has 3 aromatic heterocycles. The maximum atomic E-state index is 4.71. The molecule has 0 unspecified atom stereocenters. The lowest BCUT2D eigenvalue weighted by molar-refractivity contribution is 0.367. The van der Waals surface area contributed by atoms with Crippen LogP contribution in [0.15, 0.2) is 30.2 Å². The van der Waals surface area contributed by atoms with Gasteiger partial charge in [-0.05, 0) is 25.8 Å². The van der Waals surface area contributed by atoms with Crippen LogP contribution in [0, 0.1) is 6.92 Å². The Balaban J connectivity index is 1.69. The number of fused-ring (bicyclic) bond motifs is 1. The van der Waals surface area contributed by atoms with Crippen molar-refractivity contribution >= 4 is 22.0 Å². The first-order chi connectivity index (χ1) is 10.7. The number of hydrogen-bond donors (Lipinski definition) is 0. The molecule has 3 aromatic rings. The van der Waals surface area contributed by atoms with E-state index in [4.69, 9.17) is 4.98 Å². The Morgan fingerprint density at radius 3 is 3.09 bits per heavy atom. The first kappa shape index (κ1) is 13.7. The second-order valence-electron chi connectivity index (χ2n) is 6.26. The van der Waals surface area contributed by atoms with Crippen LogP contribution in [0.3, 0.4) is 0 Å². The van der Waals surface area contributed by atoms with E-state index in [0.29, 0.717) is 0 Å². The van der Waals surface area contributed by atoms with Gasteiger partial charge in [-0.25, -0.2) is 15.0 Å². The van der Waals surface area contributed by atoms with Crippen molar-refractivity contribution in [2.24, 2.45) is 0 Å². The van der Waals surface area contributed by atoms with E-state index in [-0.39, 0.29) is 5.41 Å². The number of nitrogens with zero attached hydrogens (tertiary/aromatic N) is 5. The molecule has 6 heteroatoms. The summed E-state index contributed by atoms with van der Waals surface area (Å²) in [5, 5.41) is 2.12. The summed E-state index contributed by atoms with van der Waals surface area (Å²) in [4.78, 5) is 17.1. The van der Waals surface area contributed by atoms with Gasteiger partial charge in [-0.3, -0.25) is 4.40 Å². The number of piperidine rings is 1. The molecule has 114 valence electrons. The number of anilines is 1. The van der Waals surface area contributed by atoms with Crippen LogP contribution in [0.25, 0.3) is 4.83 Å². The van der Waals surface area contributed by atoms with Crippen LogP contribution in [0.4, 0.5) is 5.82 Å². The van der Waals surface area contributed by atoms with E-state index in [1.54, 1.807) is 11.3 Å². The van der Waals surface area contributed by atoms with E-state index in [2.05, 4.69) is 37.8 Å². The normalized spacial score (nSPS) is 22.4. The molecule has 1 saturated heterocycles. The van der Waals surface area contributed by atoms with Gasteiger partial charge < -0.3 is 4.90 Å². The number of aryl methyl sites for hydroxylation is 1. The lowest BCUT2D eigenvalue weighted by Crippen LogP contribution is -2.45. The fourth-order valence-electron chi connectivity index (χ4n) is 3.40. The highest BCUT2D eigenvalue weighted by molar-refractivity contribution is 7.15. The highest BCUT2D eigenvalue weighted by atomic mass is 32.1. The summed E-state index contributed by atoms with van der Waals surface area (Å²) in [5.41, 5.74) is 1.29. The zero-order valence-electron chi connectivity index (χ0n) is 12.9. The molecule has 1 atom stereocenters. The lowest BCUT2D eigenvalue weighted by Gasteiger charge is -2.40. The molecule has 5 nitrogen and oxygen atoms in total. The van der Waals surface area contributed by atoms with Gasteiger partial charge in [-0.1, -0.05) is 6.92 Å². The third kappa shape index (κ3) is 2.18. The van der Waals surface area contributed by atoms with Crippen molar-refractivity contribution in [1.29, 1.82) is 0 Å². The van der Waals surface area contributed by atoms with Gasteiger partial charge in [0.2, 0.25) is 0 Å². The minimum Gasteiger partial charge on any atom is -0.356 e. The molecular weight excluding hydrogens is 294 g/mol. The van der Waals surface area contributed by atoms with Crippen molar-refractivity contribution in [3.8, 4) is 0 Å². The van der Waals surface area contributed by atoms with Crippen LogP contribution in [0.2, 0.25) is 0 Å². The SMILES string of the molecule is Cc1nccc(N2CCC[C@](C)(c3ncn4ccsc34)C2)n1. The minimum atomic E-state index is 0.0662. The van der Waals surface area contributed by atoms with E-state index >= 15 is 0 Å². The van der Waals surface area contributed by atoms with Crippen molar-refractivity contribution in [2.75, 3.05) is 18.0 Å². The van der Waals surface area contributed by atoms with E-state index in [1.807, 2.05) is 25.5 Å². The fourth-order valence-corrected chi connectivity index (χ4v) is 4.36. The highest BCUT2D eigenvalue weighted by Crippen LogP contribution is 2.37. The number of rotatable bonds is 2. The average molecular weight is 313 g/mol. The van der Waals surface area contributed by atoms with E-state index < -0.39 is 0 Å². The Morgan fingerprint density at radius 1 is 1.32 bits per heavy atom. The Morgan fingerprint density at radius 2 is 2.23 bits per heavy atom. The van der Waals surface area contributed by atoms with Gasteiger partial charge >= 0.3 is 0 Å². The number of imidazole rings is 1. The topological polar surface area (TPSA) is 46.3 Å². The smallest absolute Gasteiger partial charge is 0.132 e. The molecule has 4 rings (SSSR count). The summed E-state index contributed by atoms with van der Waals surface area (Å²) in [6, 6.07) is 2.01. The van der Waals surface area contributed by atoms with Crippen LogP contribution in [-0.2, 0) is 5.41 Å². The maximum absolute atomic E-state index is 4.71. The summed E-state index contributed by atoms with van der Waals surface area (Å²) in [6.07, 6.45) is 8.17. The predicted octanol–water partition coefficient (Wildman–Crippen LogP) is 3.05. The second-order valence-corrected chi connectivity index (χ2v) is 7.15. The fraction of sp³-hybridized carbons (Fsp3) is 0.438. The third-order valence-corrected chi connectivity index (χ3v) is 5.39. The van der Waals surface area contributed by atoms with E-state index in [0.717, 1.165) is 37.6 Å². The number of hydrogen-bond acceptors (Lipinski definition) is 5. The van der Waals surface area contributed by atoms with Crippen molar-refractivity contribution in [1.82, 2.24) is 19.4 Å². The minimum absolute atomic E-state index is 0.0662. The Labute approximate surface area is 133 Å². The van der Waals surface area contributed by atoms with Crippen molar-refractivity contribution < 1.29 is 0 Å². The Hall–Kier alpha value is -1.95. The van der Waals surface area contributed by atoms with Gasteiger partial charge in [0.15, 0.2) is 0 Å². The molecule has 1 aliphatic heterocycles. The molecule has 0 saturated carbocycles. The van der Waals surface area contributed by atoms with Crippen LogP contribution in [0.1, 0.15) is 31.3 Å². The van der Waals surface area contributed by atoms with Crippen molar-refractivity contribution in [3.05, 3.63) is 41.7 Å². The monoisotopic (exact) mass is 313 g/mol. The molecule has 1 fully saturated rings. The van der Waals surface area contributed by atoms with E-state index in [1.165, 1.54) is 10.5 Å².